The lowest BCUT2D eigenvalue weighted by Gasteiger charge is -2.38. The highest BCUT2D eigenvalue weighted by Crippen LogP contribution is 2.43. The van der Waals surface area contributed by atoms with Crippen LogP contribution in [0.2, 0.25) is 0 Å². The Bertz CT molecular complexity index is 1060. The Kier molecular flexibility index (Phi) is 8.01. The van der Waals surface area contributed by atoms with Gasteiger partial charge in [-0.25, -0.2) is 4.39 Å². The molecule has 1 saturated carbocycles. The first-order chi connectivity index (χ1) is 17.7. The molecule has 3 aliphatic rings. The molecule has 1 aromatic rings. The third kappa shape index (κ3) is 5.27. The summed E-state index contributed by atoms with van der Waals surface area (Å²) in [6.07, 6.45) is 1.36. The Morgan fingerprint density at radius 1 is 1.24 bits per heavy atom. The van der Waals surface area contributed by atoms with Gasteiger partial charge in [0.05, 0.1) is 19.1 Å². The molecular weight excluding hydrogens is 485 g/mol. The number of methoxy groups -OCH3 is 1. The largest absolute Gasteiger partial charge is 0.494 e. The highest BCUT2D eigenvalue weighted by atomic mass is 19.1. The van der Waals surface area contributed by atoms with Crippen molar-refractivity contribution in [2.75, 3.05) is 13.7 Å². The van der Waals surface area contributed by atoms with E-state index in [9.17, 15) is 23.6 Å². The minimum atomic E-state index is -0.972. The number of carbonyl (C=O) groups excluding carboxylic acids is 4. The molecule has 2 N–H and O–H groups in total. The third-order valence-corrected chi connectivity index (χ3v) is 7.38. The first-order valence-electron chi connectivity index (χ1n) is 12.7. The fourth-order valence-electron chi connectivity index (χ4n) is 5.62. The SMILES string of the molecule is CCO[C@@H]1OC(=O)CC1NC(=O)[C@@H]1[C@H]2CCC(C2)N1C(=O)[C@@H](NC(=O)c1cccc(OC)c1F)C(C)C. The Morgan fingerprint density at radius 3 is 2.68 bits per heavy atom. The van der Waals surface area contributed by atoms with Gasteiger partial charge in [-0.2, -0.15) is 0 Å². The third-order valence-electron chi connectivity index (χ3n) is 7.38. The van der Waals surface area contributed by atoms with E-state index in [2.05, 4.69) is 10.6 Å². The predicted molar refractivity (Wildman–Crippen MR) is 129 cm³/mol. The molecule has 1 aliphatic carbocycles. The second-order valence-corrected chi connectivity index (χ2v) is 10.1. The molecule has 0 spiro atoms. The summed E-state index contributed by atoms with van der Waals surface area (Å²) < 4.78 is 30.3. The Balaban J connectivity index is 1.52. The molecule has 10 nitrogen and oxygen atoms in total. The number of halogens is 1. The highest BCUT2D eigenvalue weighted by Gasteiger charge is 2.53. The number of carbonyl (C=O) groups is 4. The number of hydrogen-bond acceptors (Lipinski definition) is 7. The minimum absolute atomic E-state index is 0.0120. The summed E-state index contributed by atoms with van der Waals surface area (Å²) in [4.78, 5) is 53.6. The van der Waals surface area contributed by atoms with Crippen LogP contribution in [0.25, 0.3) is 0 Å². The first kappa shape index (κ1) is 26.8. The molecule has 3 fully saturated rings. The number of nitrogens with zero attached hydrogens (tertiary/aromatic N) is 1. The summed E-state index contributed by atoms with van der Waals surface area (Å²) in [6, 6.07) is 1.73. The van der Waals surface area contributed by atoms with E-state index in [0.29, 0.717) is 13.0 Å². The van der Waals surface area contributed by atoms with Gasteiger partial charge in [0, 0.05) is 12.6 Å². The maximum absolute atomic E-state index is 14.7. The van der Waals surface area contributed by atoms with Gasteiger partial charge in [-0.3, -0.25) is 19.2 Å². The lowest BCUT2D eigenvalue weighted by Crippen LogP contribution is -2.60. The Labute approximate surface area is 215 Å². The number of amides is 3. The second-order valence-electron chi connectivity index (χ2n) is 10.1. The van der Waals surface area contributed by atoms with Crippen LogP contribution in [-0.4, -0.2) is 72.8 Å². The summed E-state index contributed by atoms with van der Waals surface area (Å²) in [7, 11) is 1.30. The lowest BCUT2D eigenvalue weighted by molar-refractivity contribution is -0.165. The van der Waals surface area contributed by atoms with Gasteiger partial charge in [0.1, 0.15) is 18.1 Å². The number of fused-ring (bicyclic) bond motifs is 2. The van der Waals surface area contributed by atoms with Crippen LogP contribution < -0.4 is 15.4 Å². The van der Waals surface area contributed by atoms with Gasteiger partial charge in [0.25, 0.3) is 5.91 Å². The van der Waals surface area contributed by atoms with E-state index in [1.54, 1.807) is 25.7 Å². The molecule has 4 rings (SSSR count). The summed E-state index contributed by atoms with van der Waals surface area (Å²) >= 11 is 0. The van der Waals surface area contributed by atoms with Gasteiger partial charge in [-0.05, 0) is 50.2 Å². The van der Waals surface area contributed by atoms with E-state index in [4.69, 9.17) is 14.2 Å². The molecule has 1 aromatic carbocycles. The number of cyclic esters (lactones) is 1. The van der Waals surface area contributed by atoms with Crippen LogP contribution in [0, 0.1) is 17.7 Å². The van der Waals surface area contributed by atoms with Crippen molar-refractivity contribution in [3.8, 4) is 5.75 Å². The van der Waals surface area contributed by atoms with Crippen molar-refractivity contribution in [3.63, 3.8) is 0 Å². The van der Waals surface area contributed by atoms with E-state index in [1.807, 2.05) is 0 Å². The quantitative estimate of drug-likeness (QED) is 0.477. The van der Waals surface area contributed by atoms with Crippen molar-refractivity contribution in [2.45, 2.75) is 76.9 Å². The van der Waals surface area contributed by atoms with Crippen LogP contribution in [0.1, 0.15) is 56.8 Å². The summed E-state index contributed by atoms with van der Waals surface area (Å²) in [5.41, 5.74) is -0.233. The van der Waals surface area contributed by atoms with E-state index in [1.165, 1.54) is 25.3 Å². The molecule has 0 aromatic heterocycles. The van der Waals surface area contributed by atoms with Crippen molar-refractivity contribution in [1.82, 2.24) is 15.5 Å². The van der Waals surface area contributed by atoms with Crippen LogP contribution in [0.15, 0.2) is 18.2 Å². The second kappa shape index (κ2) is 11.0. The van der Waals surface area contributed by atoms with Crippen LogP contribution >= 0.6 is 0 Å². The molecule has 6 atom stereocenters. The molecule has 0 radical (unpaired) electrons. The van der Waals surface area contributed by atoms with Gasteiger partial charge in [-0.15, -0.1) is 0 Å². The molecule has 2 aliphatic heterocycles. The predicted octanol–water partition coefficient (Wildman–Crippen LogP) is 1.76. The van der Waals surface area contributed by atoms with E-state index < -0.39 is 42.1 Å². The monoisotopic (exact) mass is 519 g/mol. The molecule has 2 bridgehead atoms. The number of rotatable bonds is 9. The number of ether oxygens (including phenoxy) is 3. The van der Waals surface area contributed by atoms with E-state index in [0.717, 1.165) is 12.8 Å². The fraction of sp³-hybridized carbons (Fsp3) is 0.615. The highest BCUT2D eigenvalue weighted by molar-refractivity contribution is 5.99. The van der Waals surface area contributed by atoms with E-state index in [-0.39, 0.29) is 47.4 Å². The van der Waals surface area contributed by atoms with Crippen LogP contribution in [0.3, 0.4) is 0 Å². The van der Waals surface area contributed by atoms with Gasteiger partial charge < -0.3 is 29.7 Å². The zero-order valence-electron chi connectivity index (χ0n) is 21.5. The summed E-state index contributed by atoms with van der Waals surface area (Å²) in [6.45, 7) is 5.64. The summed E-state index contributed by atoms with van der Waals surface area (Å²) in [5.74, 6) is -3.21. The molecular formula is C26H34FN3O7. The maximum atomic E-state index is 14.7. The smallest absolute Gasteiger partial charge is 0.310 e. The minimum Gasteiger partial charge on any atom is -0.494 e. The number of benzene rings is 1. The molecule has 202 valence electrons. The van der Waals surface area contributed by atoms with Crippen LogP contribution in [0.5, 0.6) is 5.75 Å². The van der Waals surface area contributed by atoms with Crippen molar-refractivity contribution in [2.24, 2.45) is 11.8 Å². The molecule has 37 heavy (non-hydrogen) atoms. The van der Waals surface area contributed by atoms with Crippen molar-refractivity contribution >= 4 is 23.7 Å². The van der Waals surface area contributed by atoms with Crippen molar-refractivity contribution in [3.05, 3.63) is 29.6 Å². The zero-order valence-corrected chi connectivity index (χ0v) is 21.5. The number of hydrogen-bond donors (Lipinski definition) is 2. The average molecular weight is 520 g/mol. The number of nitrogens with one attached hydrogen (secondary N) is 2. The van der Waals surface area contributed by atoms with Crippen LogP contribution in [0.4, 0.5) is 4.39 Å². The van der Waals surface area contributed by atoms with Crippen molar-refractivity contribution < 1.29 is 37.8 Å². The van der Waals surface area contributed by atoms with Gasteiger partial charge in [0.15, 0.2) is 11.6 Å². The average Bonchev–Trinajstić information content (AvgIpc) is 3.57. The standard InChI is InChI=1S/C26H34FN3O7/c1-5-36-26-17(12-19(31)37-26)28-24(33)22-14-9-10-15(11-14)30(22)25(34)21(13(2)3)29-23(32)16-7-6-8-18(35-4)20(16)27/h6-8,13-15,17,21-22,26H,5,9-12H2,1-4H3,(H,28,33)(H,29,32)/t14-,15?,17?,21-,22-,26+/m0/s1. The molecule has 11 heteroatoms. The summed E-state index contributed by atoms with van der Waals surface area (Å²) in [5, 5.41) is 5.54. The molecule has 3 amide bonds. The topological polar surface area (TPSA) is 123 Å². The van der Waals surface area contributed by atoms with Gasteiger partial charge in [0.2, 0.25) is 18.1 Å². The first-order valence-corrected chi connectivity index (χ1v) is 12.7. The number of esters is 1. The van der Waals surface area contributed by atoms with Gasteiger partial charge >= 0.3 is 5.97 Å². The fourth-order valence-corrected chi connectivity index (χ4v) is 5.62. The lowest BCUT2D eigenvalue weighted by atomic mass is 9.95. The zero-order chi connectivity index (χ0) is 26.9. The Morgan fingerprint density at radius 2 is 2.00 bits per heavy atom. The van der Waals surface area contributed by atoms with E-state index >= 15 is 0 Å². The molecule has 2 saturated heterocycles. The normalized spacial score (nSPS) is 27.2. The van der Waals surface area contributed by atoms with Crippen molar-refractivity contribution in [1.29, 1.82) is 0 Å². The number of piperidine rings is 1. The van der Waals surface area contributed by atoms with Crippen LogP contribution in [-0.2, 0) is 23.9 Å². The molecule has 2 heterocycles. The maximum Gasteiger partial charge on any atom is 0.310 e. The van der Waals surface area contributed by atoms with Gasteiger partial charge in [-0.1, -0.05) is 19.9 Å². The Hall–Kier alpha value is -3.21. The number of likely N-dealkylation sites (tertiary alicyclic amines) is 1. The molecule has 2 unspecified atom stereocenters.